The number of terminal acetylenes is 1. The first-order chi connectivity index (χ1) is 11.5. The minimum Gasteiger partial charge on any atom is -0.493 e. The molecule has 0 aliphatic carbocycles. The van der Waals surface area contributed by atoms with Gasteiger partial charge in [-0.25, -0.2) is 4.79 Å². The van der Waals surface area contributed by atoms with E-state index in [4.69, 9.17) is 43.8 Å². The second-order valence-electron chi connectivity index (χ2n) is 4.68. The molecule has 0 bridgehead atoms. The number of halogens is 2. The van der Waals surface area contributed by atoms with E-state index in [0.717, 1.165) is 5.56 Å². The summed E-state index contributed by atoms with van der Waals surface area (Å²) in [6.45, 7) is 0.139. The van der Waals surface area contributed by atoms with Gasteiger partial charge in [-0.2, -0.15) is 0 Å². The number of rotatable bonds is 6. The van der Waals surface area contributed by atoms with Crippen LogP contribution >= 0.6 is 23.2 Å². The molecule has 6 heteroatoms. The third-order valence-corrected chi connectivity index (χ3v) is 3.80. The second-order valence-corrected chi connectivity index (χ2v) is 5.50. The second kappa shape index (κ2) is 8.49. The van der Waals surface area contributed by atoms with Gasteiger partial charge in [-0.05, 0) is 35.9 Å². The fourth-order valence-corrected chi connectivity index (χ4v) is 2.22. The number of esters is 1. The molecular formula is C18H14Cl2O4. The van der Waals surface area contributed by atoms with Crippen LogP contribution < -0.4 is 9.47 Å². The number of carbonyl (C=O) groups excluding carboxylic acids is 1. The highest BCUT2D eigenvalue weighted by Gasteiger charge is 2.12. The predicted octanol–water partition coefficient (Wildman–Crippen LogP) is 4.37. The Bertz CT molecular complexity index is 781. The highest BCUT2D eigenvalue weighted by Crippen LogP contribution is 2.30. The van der Waals surface area contributed by atoms with Crippen molar-refractivity contribution in [2.75, 3.05) is 13.7 Å². The Labute approximate surface area is 150 Å². The van der Waals surface area contributed by atoms with Crippen molar-refractivity contribution in [2.45, 2.75) is 6.61 Å². The maximum absolute atomic E-state index is 11.9. The van der Waals surface area contributed by atoms with Crippen LogP contribution in [-0.2, 0) is 11.3 Å². The van der Waals surface area contributed by atoms with E-state index in [1.54, 1.807) is 30.3 Å². The Morgan fingerprint density at radius 2 is 1.92 bits per heavy atom. The molecule has 0 spiro atoms. The molecule has 2 aromatic rings. The van der Waals surface area contributed by atoms with Crippen molar-refractivity contribution in [3.63, 3.8) is 0 Å². The average molecular weight is 365 g/mol. The summed E-state index contributed by atoms with van der Waals surface area (Å²) in [6, 6.07) is 9.93. The van der Waals surface area contributed by atoms with Crippen molar-refractivity contribution in [1.82, 2.24) is 0 Å². The largest absolute Gasteiger partial charge is 0.493 e. The van der Waals surface area contributed by atoms with Gasteiger partial charge in [0.1, 0.15) is 6.61 Å². The van der Waals surface area contributed by atoms with Crippen molar-refractivity contribution >= 4 is 29.2 Å². The van der Waals surface area contributed by atoms with Crippen LogP contribution in [-0.4, -0.2) is 19.7 Å². The summed E-state index contributed by atoms with van der Waals surface area (Å²) in [6.07, 6.45) is 5.07. The van der Waals surface area contributed by atoms with Gasteiger partial charge in [0.05, 0.1) is 22.7 Å². The zero-order valence-electron chi connectivity index (χ0n) is 12.8. The molecule has 2 aromatic carbocycles. The number of carbonyl (C=O) groups is 1. The van der Waals surface area contributed by atoms with Gasteiger partial charge in [0.15, 0.2) is 18.1 Å². The van der Waals surface area contributed by atoms with E-state index in [-0.39, 0.29) is 13.2 Å². The first-order valence-electron chi connectivity index (χ1n) is 6.90. The van der Waals surface area contributed by atoms with E-state index in [1.165, 1.54) is 13.2 Å². The van der Waals surface area contributed by atoms with Crippen LogP contribution in [0.3, 0.4) is 0 Å². The van der Waals surface area contributed by atoms with Crippen molar-refractivity contribution in [3.05, 3.63) is 57.6 Å². The molecule has 0 fully saturated rings. The number of hydrogen-bond donors (Lipinski definition) is 0. The molecule has 0 aliphatic rings. The van der Waals surface area contributed by atoms with E-state index >= 15 is 0 Å². The lowest BCUT2D eigenvalue weighted by molar-refractivity contribution is 0.0556. The molecule has 24 heavy (non-hydrogen) atoms. The quantitative estimate of drug-likeness (QED) is 0.563. The number of benzene rings is 2. The monoisotopic (exact) mass is 364 g/mol. The smallest absolute Gasteiger partial charge is 0.339 e. The van der Waals surface area contributed by atoms with E-state index < -0.39 is 5.97 Å². The van der Waals surface area contributed by atoms with Gasteiger partial charge in [-0.1, -0.05) is 35.2 Å². The first kappa shape index (κ1) is 18.0. The number of methoxy groups -OCH3 is 1. The van der Waals surface area contributed by atoms with Crippen molar-refractivity contribution in [2.24, 2.45) is 0 Å². The lowest BCUT2D eigenvalue weighted by Crippen LogP contribution is -2.06. The lowest BCUT2D eigenvalue weighted by Gasteiger charge is -2.12. The van der Waals surface area contributed by atoms with Crippen molar-refractivity contribution < 1.29 is 19.0 Å². The number of ether oxygens (including phenoxy) is 3. The SMILES string of the molecule is C#CCOC(=O)c1ccc(OC)c(OCc2ccc(Cl)c(Cl)c2)c1. The molecule has 2 rings (SSSR count). The summed E-state index contributed by atoms with van der Waals surface area (Å²) < 4.78 is 15.9. The topological polar surface area (TPSA) is 44.8 Å². The molecule has 0 saturated carbocycles. The van der Waals surface area contributed by atoms with E-state index in [1.807, 2.05) is 0 Å². The Hall–Kier alpha value is -2.35. The van der Waals surface area contributed by atoms with E-state index in [9.17, 15) is 4.79 Å². The molecule has 0 unspecified atom stereocenters. The lowest BCUT2D eigenvalue weighted by atomic mass is 10.2. The van der Waals surface area contributed by atoms with Gasteiger partial charge in [-0.15, -0.1) is 6.42 Å². The first-order valence-corrected chi connectivity index (χ1v) is 7.66. The van der Waals surface area contributed by atoms with Crippen LogP contribution in [0.5, 0.6) is 11.5 Å². The Morgan fingerprint density at radius 3 is 2.58 bits per heavy atom. The van der Waals surface area contributed by atoms with E-state index in [0.29, 0.717) is 27.1 Å². The molecule has 0 N–H and O–H groups in total. The Kier molecular flexibility index (Phi) is 6.36. The van der Waals surface area contributed by atoms with E-state index in [2.05, 4.69) is 5.92 Å². The standard InChI is InChI=1S/C18H14Cl2O4/c1-3-8-23-18(21)13-5-7-16(22-2)17(10-13)24-11-12-4-6-14(19)15(20)9-12/h1,4-7,9-10H,8,11H2,2H3. The zero-order valence-corrected chi connectivity index (χ0v) is 14.4. The summed E-state index contributed by atoms with van der Waals surface area (Å²) in [5.74, 6) is 2.60. The average Bonchev–Trinajstić information content (AvgIpc) is 2.60. The Balaban J connectivity index is 2.16. The molecule has 0 radical (unpaired) electrons. The van der Waals surface area contributed by atoms with Crippen molar-refractivity contribution in [3.8, 4) is 23.8 Å². The highest BCUT2D eigenvalue weighted by molar-refractivity contribution is 6.42. The van der Waals surface area contributed by atoms with Gasteiger partial charge < -0.3 is 14.2 Å². The van der Waals surface area contributed by atoms with Crippen LogP contribution in [0.1, 0.15) is 15.9 Å². The normalized spacial score (nSPS) is 9.92. The highest BCUT2D eigenvalue weighted by atomic mass is 35.5. The molecule has 0 aliphatic heterocycles. The van der Waals surface area contributed by atoms with Gasteiger partial charge in [0.25, 0.3) is 0 Å². The Morgan fingerprint density at radius 1 is 1.12 bits per heavy atom. The zero-order chi connectivity index (χ0) is 17.5. The fraction of sp³-hybridized carbons (Fsp3) is 0.167. The summed E-state index contributed by atoms with van der Waals surface area (Å²) >= 11 is 11.9. The van der Waals surface area contributed by atoms with Gasteiger partial charge >= 0.3 is 5.97 Å². The molecule has 124 valence electrons. The molecule has 4 nitrogen and oxygen atoms in total. The third kappa shape index (κ3) is 4.58. The fourth-order valence-electron chi connectivity index (χ4n) is 1.90. The van der Waals surface area contributed by atoms with Gasteiger partial charge in [-0.3, -0.25) is 0 Å². The maximum atomic E-state index is 11.9. The number of hydrogen-bond acceptors (Lipinski definition) is 4. The van der Waals surface area contributed by atoms with Crippen LogP contribution in [0.4, 0.5) is 0 Å². The summed E-state index contributed by atoms with van der Waals surface area (Å²) in [5.41, 5.74) is 1.14. The summed E-state index contributed by atoms with van der Waals surface area (Å²) in [4.78, 5) is 11.9. The van der Waals surface area contributed by atoms with Gasteiger partial charge in [0.2, 0.25) is 0 Å². The minimum absolute atomic E-state index is 0.0929. The van der Waals surface area contributed by atoms with Crippen LogP contribution in [0.2, 0.25) is 10.0 Å². The van der Waals surface area contributed by atoms with Crippen molar-refractivity contribution in [1.29, 1.82) is 0 Å². The molecule has 0 saturated heterocycles. The summed E-state index contributed by atoms with van der Waals surface area (Å²) in [5, 5.41) is 0.910. The summed E-state index contributed by atoms with van der Waals surface area (Å²) in [7, 11) is 1.51. The molecule has 0 heterocycles. The molecule has 0 amide bonds. The maximum Gasteiger partial charge on any atom is 0.339 e. The third-order valence-electron chi connectivity index (χ3n) is 3.06. The van der Waals surface area contributed by atoms with Crippen LogP contribution in [0.15, 0.2) is 36.4 Å². The van der Waals surface area contributed by atoms with Crippen LogP contribution in [0.25, 0.3) is 0 Å². The van der Waals surface area contributed by atoms with Crippen LogP contribution in [0, 0.1) is 12.3 Å². The predicted molar refractivity (Wildman–Crippen MR) is 92.9 cm³/mol. The van der Waals surface area contributed by atoms with Gasteiger partial charge in [0, 0.05) is 0 Å². The molecule has 0 atom stereocenters. The molecule has 0 aromatic heterocycles. The molecular weight excluding hydrogens is 351 g/mol. The minimum atomic E-state index is -0.532.